The molecule has 2 aliphatic rings. The Morgan fingerprint density at radius 3 is 2.85 bits per heavy atom. The molecule has 1 fully saturated rings. The van der Waals surface area contributed by atoms with E-state index in [1.165, 1.54) is 0 Å². The number of rotatable bonds is 3. The van der Waals surface area contributed by atoms with Gasteiger partial charge >= 0.3 is 0 Å². The van der Waals surface area contributed by atoms with Crippen LogP contribution in [0.4, 0.5) is 0 Å². The Balaban J connectivity index is 1.75. The SMILES string of the molecule is CC(c1cc(=O)nc2n1-c1ccc(C#N)cc1C(c1ccccc1Cl)=NC2)C1CNCCO1. The van der Waals surface area contributed by atoms with Crippen LogP contribution in [0.5, 0.6) is 0 Å². The van der Waals surface area contributed by atoms with E-state index in [0.29, 0.717) is 35.3 Å². The molecule has 2 atom stereocenters. The van der Waals surface area contributed by atoms with Crippen molar-refractivity contribution in [2.75, 3.05) is 19.7 Å². The van der Waals surface area contributed by atoms with Crippen LogP contribution in [0, 0.1) is 11.3 Å². The maximum absolute atomic E-state index is 12.6. The van der Waals surface area contributed by atoms with Crippen molar-refractivity contribution >= 4 is 17.3 Å². The first-order valence-corrected chi connectivity index (χ1v) is 11.2. The van der Waals surface area contributed by atoms with Gasteiger partial charge in [0.2, 0.25) is 0 Å². The van der Waals surface area contributed by atoms with E-state index in [1.807, 2.05) is 41.0 Å². The molecule has 33 heavy (non-hydrogen) atoms. The average molecular weight is 460 g/mol. The molecule has 0 saturated carbocycles. The van der Waals surface area contributed by atoms with Crippen LogP contribution in [-0.2, 0) is 11.3 Å². The predicted octanol–water partition coefficient (Wildman–Crippen LogP) is 3.20. The fourth-order valence-corrected chi connectivity index (χ4v) is 4.70. The summed E-state index contributed by atoms with van der Waals surface area (Å²) < 4.78 is 7.99. The number of aromatic nitrogens is 2. The van der Waals surface area contributed by atoms with Gasteiger partial charge in [0.05, 0.1) is 42.3 Å². The predicted molar refractivity (Wildman–Crippen MR) is 126 cm³/mol. The summed E-state index contributed by atoms with van der Waals surface area (Å²) in [6.45, 7) is 4.40. The molecular formula is C25H22ClN5O2. The van der Waals surface area contributed by atoms with Crippen molar-refractivity contribution in [2.24, 2.45) is 4.99 Å². The first-order chi connectivity index (χ1) is 16.1. The minimum atomic E-state index is -0.307. The minimum Gasteiger partial charge on any atom is -0.375 e. The van der Waals surface area contributed by atoms with Crippen LogP contribution < -0.4 is 10.9 Å². The molecule has 7 nitrogen and oxygen atoms in total. The summed E-state index contributed by atoms with van der Waals surface area (Å²) in [5, 5.41) is 13.5. The molecule has 0 amide bonds. The van der Waals surface area contributed by atoms with E-state index in [2.05, 4.69) is 23.3 Å². The topological polar surface area (TPSA) is 92.3 Å². The van der Waals surface area contributed by atoms with Gasteiger partial charge in [-0.25, -0.2) is 0 Å². The number of benzene rings is 2. The third-order valence-electron chi connectivity index (χ3n) is 6.14. The van der Waals surface area contributed by atoms with Gasteiger partial charge < -0.3 is 10.1 Å². The van der Waals surface area contributed by atoms with E-state index in [4.69, 9.17) is 21.3 Å². The van der Waals surface area contributed by atoms with Gasteiger partial charge in [-0.3, -0.25) is 14.4 Å². The molecule has 0 spiro atoms. The smallest absolute Gasteiger partial charge is 0.273 e. The maximum atomic E-state index is 12.6. The molecule has 3 heterocycles. The molecule has 0 radical (unpaired) electrons. The lowest BCUT2D eigenvalue weighted by Crippen LogP contribution is -2.42. The molecule has 1 N–H and O–H groups in total. The van der Waals surface area contributed by atoms with Gasteiger partial charge in [-0.05, 0) is 24.3 Å². The van der Waals surface area contributed by atoms with Gasteiger partial charge in [0.15, 0.2) is 0 Å². The molecule has 166 valence electrons. The van der Waals surface area contributed by atoms with Crippen LogP contribution in [0.15, 0.2) is 58.3 Å². The first kappa shape index (κ1) is 21.5. The van der Waals surface area contributed by atoms with E-state index >= 15 is 0 Å². The van der Waals surface area contributed by atoms with E-state index in [9.17, 15) is 10.1 Å². The quantitative estimate of drug-likeness (QED) is 0.649. The summed E-state index contributed by atoms with van der Waals surface area (Å²) in [4.78, 5) is 21.7. The van der Waals surface area contributed by atoms with E-state index in [0.717, 1.165) is 29.1 Å². The van der Waals surface area contributed by atoms with Crippen molar-refractivity contribution in [1.82, 2.24) is 14.9 Å². The molecule has 0 bridgehead atoms. The number of hydrogen-bond donors (Lipinski definition) is 1. The molecular weight excluding hydrogens is 438 g/mol. The highest BCUT2D eigenvalue weighted by Crippen LogP contribution is 2.32. The molecule has 1 saturated heterocycles. The average Bonchev–Trinajstić information content (AvgIpc) is 3.00. The Labute approximate surface area is 196 Å². The fourth-order valence-electron chi connectivity index (χ4n) is 4.47. The Morgan fingerprint density at radius 2 is 2.09 bits per heavy atom. The first-order valence-electron chi connectivity index (χ1n) is 10.9. The second-order valence-corrected chi connectivity index (χ2v) is 8.57. The molecule has 3 aromatic rings. The molecule has 2 aliphatic heterocycles. The molecule has 5 rings (SSSR count). The molecule has 2 aromatic carbocycles. The van der Waals surface area contributed by atoms with E-state index < -0.39 is 0 Å². The normalized spacial score (nSPS) is 18.3. The summed E-state index contributed by atoms with van der Waals surface area (Å²) in [6.07, 6.45) is -0.0776. The van der Waals surface area contributed by atoms with Gasteiger partial charge in [0, 0.05) is 46.9 Å². The van der Waals surface area contributed by atoms with Crippen LogP contribution in [0.2, 0.25) is 5.02 Å². The van der Waals surface area contributed by atoms with Gasteiger partial charge in [0.25, 0.3) is 5.56 Å². The third-order valence-corrected chi connectivity index (χ3v) is 6.47. The van der Waals surface area contributed by atoms with Crippen LogP contribution in [0.1, 0.15) is 41.1 Å². The Hall–Kier alpha value is -3.31. The maximum Gasteiger partial charge on any atom is 0.273 e. The summed E-state index contributed by atoms with van der Waals surface area (Å²) in [6, 6.07) is 16.7. The third kappa shape index (κ3) is 3.98. The summed E-state index contributed by atoms with van der Waals surface area (Å²) in [7, 11) is 0. The zero-order chi connectivity index (χ0) is 22.9. The van der Waals surface area contributed by atoms with Gasteiger partial charge in [-0.1, -0.05) is 36.7 Å². The van der Waals surface area contributed by atoms with Crippen molar-refractivity contribution in [3.8, 4) is 11.8 Å². The number of aliphatic imine (C=N–C) groups is 1. The number of nitriles is 1. The Kier molecular flexibility index (Phi) is 5.81. The second kappa shape index (κ2) is 8.91. The van der Waals surface area contributed by atoms with Crippen molar-refractivity contribution < 1.29 is 4.74 Å². The number of ether oxygens (including phenoxy) is 1. The number of nitrogens with zero attached hydrogens (tertiary/aromatic N) is 4. The minimum absolute atomic E-state index is 0.0717. The monoisotopic (exact) mass is 459 g/mol. The number of halogens is 1. The summed E-state index contributed by atoms with van der Waals surface area (Å²) in [5.74, 6) is 0.471. The number of nitrogens with one attached hydrogen (secondary N) is 1. The largest absolute Gasteiger partial charge is 0.375 e. The van der Waals surface area contributed by atoms with Crippen LogP contribution in [-0.4, -0.2) is 41.1 Å². The molecule has 8 heteroatoms. The lowest BCUT2D eigenvalue weighted by molar-refractivity contribution is 0.0134. The number of hydrogen-bond acceptors (Lipinski definition) is 6. The van der Waals surface area contributed by atoms with Gasteiger partial charge in [-0.15, -0.1) is 0 Å². The Bertz CT molecular complexity index is 1350. The highest BCUT2D eigenvalue weighted by molar-refractivity contribution is 6.35. The van der Waals surface area contributed by atoms with Crippen LogP contribution >= 0.6 is 11.6 Å². The van der Waals surface area contributed by atoms with Gasteiger partial charge in [-0.2, -0.15) is 10.2 Å². The molecule has 0 aliphatic carbocycles. The molecule has 2 unspecified atom stereocenters. The van der Waals surface area contributed by atoms with Crippen molar-refractivity contribution in [3.63, 3.8) is 0 Å². The van der Waals surface area contributed by atoms with Crippen LogP contribution in [0.3, 0.4) is 0 Å². The summed E-state index contributed by atoms with van der Waals surface area (Å²) >= 11 is 6.53. The van der Waals surface area contributed by atoms with Crippen molar-refractivity contribution in [2.45, 2.75) is 25.5 Å². The van der Waals surface area contributed by atoms with Crippen molar-refractivity contribution in [3.05, 3.63) is 92.1 Å². The van der Waals surface area contributed by atoms with Crippen molar-refractivity contribution in [1.29, 1.82) is 5.26 Å². The zero-order valence-corrected chi connectivity index (χ0v) is 18.8. The number of fused-ring (bicyclic) bond motifs is 3. The van der Waals surface area contributed by atoms with Gasteiger partial charge in [0.1, 0.15) is 5.82 Å². The summed E-state index contributed by atoms with van der Waals surface area (Å²) in [5.41, 5.74) is 4.01. The highest BCUT2D eigenvalue weighted by Gasteiger charge is 2.29. The highest BCUT2D eigenvalue weighted by atomic mass is 35.5. The lowest BCUT2D eigenvalue weighted by atomic mass is 9.96. The van der Waals surface area contributed by atoms with E-state index in [1.54, 1.807) is 12.1 Å². The zero-order valence-electron chi connectivity index (χ0n) is 18.1. The van der Waals surface area contributed by atoms with Crippen LogP contribution in [0.25, 0.3) is 5.69 Å². The standard InChI is InChI=1S/C25H22ClN5O2/c1-15(22-13-28-8-9-33-22)21-11-24(32)30-23-14-29-25(17-4-2-3-5-19(17)26)18-10-16(12-27)6-7-20(18)31(21)23/h2-7,10-11,15,22,28H,8-9,13-14H2,1H3. The number of morpholine rings is 1. The lowest BCUT2D eigenvalue weighted by Gasteiger charge is -2.31. The van der Waals surface area contributed by atoms with E-state index in [-0.39, 0.29) is 24.1 Å². The molecule has 1 aromatic heterocycles. The Morgan fingerprint density at radius 1 is 1.24 bits per heavy atom. The second-order valence-electron chi connectivity index (χ2n) is 8.16. The fraction of sp³-hybridized carbons (Fsp3) is 0.280.